The number of nitrogens with zero attached hydrogens (tertiary/aromatic N) is 1. The lowest BCUT2D eigenvalue weighted by Gasteiger charge is -2.15. The van der Waals surface area contributed by atoms with Crippen molar-refractivity contribution in [2.45, 2.75) is 26.1 Å². The topological polar surface area (TPSA) is 76.1 Å². The van der Waals surface area contributed by atoms with E-state index in [1.165, 1.54) is 6.07 Å². The van der Waals surface area contributed by atoms with E-state index in [9.17, 15) is 18.0 Å². The van der Waals surface area contributed by atoms with E-state index in [0.717, 1.165) is 6.07 Å². The van der Waals surface area contributed by atoms with Gasteiger partial charge in [-0.3, -0.25) is 4.79 Å². The molecule has 7 heteroatoms. The summed E-state index contributed by atoms with van der Waals surface area (Å²) in [6, 6.07) is 3.74. The van der Waals surface area contributed by atoms with Crippen molar-refractivity contribution in [3.8, 4) is 6.07 Å². The Balaban J connectivity index is 3.30. The average molecular weight is 286 g/mol. The Labute approximate surface area is 113 Å². The lowest BCUT2D eigenvalue weighted by molar-refractivity contribution is -0.142. The van der Waals surface area contributed by atoms with E-state index in [1.54, 1.807) is 13.0 Å². The molecule has 0 aliphatic heterocycles. The predicted molar refractivity (Wildman–Crippen MR) is 64.4 cm³/mol. The van der Waals surface area contributed by atoms with Gasteiger partial charge in [-0.1, -0.05) is 0 Å². The van der Waals surface area contributed by atoms with Crippen LogP contribution in [0.3, 0.4) is 0 Å². The van der Waals surface area contributed by atoms with Gasteiger partial charge in [0.2, 0.25) is 0 Å². The summed E-state index contributed by atoms with van der Waals surface area (Å²) < 4.78 is 43.5. The molecular formula is C13H13F3N2O2. The molecule has 0 aromatic heterocycles. The molecule has 0 radical (unpaired) electrons. The number of benzene rings is 1. The van der Waals surface area contributed by atoms with Gasteiger partial charge in [0.15, 0.2) is 0 Å². The maximum absolute atomic E-state index is 12.9. The van der Waals surface area contributed by atoms with Crippen LogP contribution in [-0.4, -0.2) is 12.6 Å². The van der Waals surface area contributed by atoms with Crippen molar-refractivity contribution in [1.82, 2.24) is 0 Å². The Bertz CT molecular complexity index is 548. The summed E-state index contributed by atoms with van der Waals surface area (Å²) in [5.74, 6) is -0.648. The van der Waals surface area contributed by atoms with E-state index >= 15 is 0 Å². The molecule has 20 heavy (non-hydrogen) atoms. The molecular weight excluding hydrogens is 273 g/mol. The Morgan fingerprint density at radius 1 is 1.45 bits per heavy atom. The lowest BCUT2D eigenvalue weighted by Crippen LogP contribution is -2.16. The zero-order valence-electron chi connectivity index (χ0n) is 10.8. The number of hydrogen-bond acceptors (Lipinski definition) is 4. The summed E-state index contributed by atoms with van der Waals surface area (Å²) in [6.07, 6.45) is -4.96. The molecule has 0 bridgehead atoms. The SMILES string of the molecule is CCOC(=O)Cc1cc(C#N)c(CN)c(C(F)(F)F)c1. The molecule has 2 N–H and O–H groups in total. The van der Waals surface area contributed by atoms with Crippen LogP contribution in [0.15, 0.2) is 12.1 Å². The number of alkyl halides is 3. The molecule has 4 nitrogen and oxygen atoms in total. The number of nitrogens with two attached hydrogens (primary N) is 1. The van der Waals surface area contributed by atoms with Gasteiger partial charge >= 0.3 is 12.1 Å². The molecule has 0 fully saturated rings. The van der Waals surface area contributed by atoms with E-state index in [0.29, 0.717) is 0 Å². The van der Waals surface area contributed by atoms with Gasteiger partial charge in [0.1, 0.15) is 0 Å². The highest BCUT2D eigenvalue weighted by Gasteiger charge is 2.34. The molecule has 0 saturated carbocycles. The van der Waals surface area contributed by atoms with Crippen molar-refractivity contribution in [3.05, 3.63) is 34.4 Å². The number of ether oxygens (including phenoxy) is 1. The molecule has 0 atom stereocenters. The minimum Gasteiger partial charge on any atom is -0.466 e. The lowest BCUT2D eigenvalue weighted by atomic mass is 9.96. The molecule has 0 aliphatic rings. The van der Waals surface area contributed by atoms with E-state index < -0.39 is 24.3 Å². The molecule has 1 aromatic rings. The Kier molecular flexibility index (Phi) is 5.11. The zero-order valence-corrected chi connectivity index (χ0v) is 10.8. The summed E-state index contributed by atoms with van der Waals surface area (Å²) in [7, 11) is 0. The minimum absolute atomic E-state index is 0.0736. The second kappa shape index (κ2) is 6.39. The van der Waals surface area contributed by atoms with Crippen LogP contribution in [0.1, 0.15) is 29.2 Å². The van der Waals surface area contributed by atoms with Gasteiger partial charge < -0.3 is 10.5 Å². The minimum atomic E-state index is -4.63. The van der Waals surface area contributed by atoms with Crippen LogP contribution in [0.5, 0.6) is 0 Å². The second-order valence-corrected chi connectivity index (χ2v) is 3.96. The summed E-state index contributed by atoms with van der Waals surface area (Å²) in [6.45, 7) is 1.33. The fourth-order valence-electron chi connectivity index (χ4n) is 1.79. The Hall–Kier alpha value is -2.07. The van der Waals surface area contributed by atoms with Gasteiger partial charge in [-0.2, -0.15) is 18.4 Å². The number of rotatable bonds is 4. The predicted octanol–water partition coefficient (Wildman–Crippen LogP) is 2.14. The van der Waals surface area contributed by atoms with Gasteiger partial charge in [-0.05, 0) is 30.2 Å². The van der Waals surface area contributed by atoms with Gasteiger partial charge in [-0.25, -0.2) is 0 Å². The van der Waals surface area contributed by atoms with Crippen molar-refractivity contribution in [2.75, 3.05) is 6.61 Å². The average Bonchev–Trinajstić information content (AvgIpc) is 2.36. The largest absolute Gasteiger partial charge is 0.466 e. The fourth-order valence-corrected chi connectivity index (χ4v) is 1.79. The van der Waals surface area contributed by atoms with Crippen LogP contribution in [0.25, 0.3) is 0 Å². The van der Waals surface area contributed by atoms with Gasteiger partial charge in [-0.15, -0.1) is 0 Å². The van der Waals surface area contributed by atoms with Crippen LogP contribution < -0.4 is 5.73 Å². The molecule has 0 aliphatic carbocycles. The number of esters is 1. The Morgan fingerprint density at radius 3 is 2.55 bits per heavy atom. The zero-order chi connectivity index (χ0) is 15.3. The third-order valence-corrected chi connectivity index (χ3v) is 2.59. The normalized spacial score (nSPS) is 11.0. The van der Waals surface area contributed by atoms with E-state index in [2.05, 4.69) is 4.74 Å². The number of hydrogen-bond donors (Lipinski definition) is 1. The quantitative estimate of drug-likeness (QED) is 0.860. The monoisotopic (exact) mass is 286 g/mol. The number of carbonyl (C=O) groups is 1. The maximum atomic E-state index is 12.9. The highest BCUT2D eigenvalue weighted by atomic mass is 19.4. The van der Waals surface area contributed by atoms with Crippen LogP contribution in [-0.2, 0) is 28.7 Å². The van der Waals surface area contributed by atoms with E-state index in [1.807, 2.05) is 0 Å². The summed E-state index contributed by atoms with van der Waals surface area (Å²) >= 11 is 0. The number of nitriles is 1. The molecule has 1 rings (SSSR count). The Morgan fingerprint density at radius 2 is 2.10 bits per heavy atom. The summed E-state index contributed by atoms with van der Waals surface area (Å²) in [5, 5.41) is 8.91. The third kappa shape index (κ3) is 3.71. The van der Waals surface area contributed by atoms with Crippen molar-refractivity contribution in [2.24, 2.45) is 5.73 Å². The van der Waals surface area contributed by atoms with Crippen LogP contribution in [0.2, 0.25) is 0 Å². The number of carbonyl (C=O) groups excluding carboxylic acids is 1. The van der Waals surface area contributed by atoms with Crippen LogP contribution in [0.4, 0.5) is 13.2 Å². The molecule has 108 valence electrons. The van der Waals surface area contributed by atoms with Crippen LogP contribution in [0, 0.1) is 11.3 Å². The van der Waals surface area contributed by atoms with Crippen molar-refractivity contribution < 1.29 is 22.7 Å². The maximum Gasteiger partial charge on any atom is 0.416 e. The first kappa shape index (κ1) is 16.0. The van der Waals surface area contributed by atoms with Crippen molar-refractivity contribution in [3.63, 3.8) is 0 Å². The van der Waals surface area contributed by atoms with Gasteiger partial charge in [0, 0.05) is 6.54 Å². The standard InChI is InChI=1S/C13H13F3N2O2/c1-2-20-12(19)5-8-3-9(6-17)10(7-18)11(4-8)13(14,15)16/h3-4H,2,5,7,18H2,1H3. The summed E-state index contributed by atoms with van der Waals surface area (Å²) in [4.78, 5) is 11.3. The first-order valence-corrected chi connectivity index (χ1v) is 5.82. The molecule has 0 saturated heterocycles. The smallest absolute Gasteiger partial charge is 0.416 e. The highest BCUT2D eigenvalue weighted by molar-refractivity contribution is 5.73. The first-order valence-electron chi connectivity index (χ1n) is 5.82. The fraction of sp³-hybridized carbons (Fsp3) is 0.385. The molecule has 1 aromatic carbocycles. The van der Waals surface area contributed by atoms with Gasteiger partial charge in [0.05, 0.1) is 30.2 Å². The molecule has 0 spiro atoms. The molecule has 0 heterocycles. The number of halogens is 3. The van der Waals surface area contributed by atoms with Crippen molar-refractivity contribution >= 4 is 5.97 Å². The highest BCUT2D eigenvalue weighted by Crippen LogP contribution is 2.34. The van der Waals surface area contributed by atoms with E-state index in [-0.39, 0.29) is 29.7 Å². The third-order valence-electron chi connectivity index (χ3n) is 2.59. The van der Waals surface area contributed by atoms with E-state index in [4.69, 9.17) is 11.0 Å². The second-order valence-electron chi connectivity index (χ2n) is 3.96. The van der Waals surface area contributed by atoms with Crippen molar-refractivity contribution in [1.29, 1.82) is 5.26 Å². The molecule has 0 unspecified atom stereocenters. The van der Waals surface area contributed by atoms with Gasteiger partial charge in [0.25, 0.3) is 0 Å². The van der Waals surface area contributed by atoms with Crippen LogP contribution >= 0.6 is 0 Å². The first-order chi connectivity index (χ1) is 9.33. The molecule has 0 amide bonds. The summed E-state index contributed by atoms with van der Waals surface area (Å²) in [5.41, 5.74) is 3.92.